The first-order chi connectivity index (χ1) is 8.60. The highest BCUT2D eigenvalue weighted by atomic mass is 16.5. The molecule has 0 atom stereocenters. The molecule has 0 N–H and O–H groups in total. The number of nitrogens with zero attached hydrogens (tertiary/aromatic N) is 1. The fourth-order valence-electron chi connectivity index (χ4n) is 1.49. The van der Waals surface area contributed by atoms with Gasteiger partial charge in [0.2, 0.25) is 0 Å². The van der Waals surface area contributed by atoms with Crippen LogP contribution in [0.2, 0.25) is 0 Å². The van der Waals surface area contributed by atoms with E-state index in [1.54, 1.807) is 31.3 Å². The lowest BCUT2D eigenvalue weighted by Crippen LogP contribution is -2.29. The number of hydrogen-bond donors (Lipinski definition) is 0. The topological polar surface area (TPSA) is 55.8 Å². The van der Waals surface area contributed by atoms with Crippen molar-refractivity contribution in [3.05, 3.63) is 29.8 Å². The molecule has 0 radical (unpaired) electrons. The number of carbonyl (C=O) groups excluding carboxylic acids is 2. The molecule has 5 nitrogen and oxygen atoms in total. The first-order valence-electron chi connectivity index (χ1n) is 5.55. The predicted octanol–water partition coefficient (Wildman–Crippen LogP) is 1.33. The summed E-state index contributed by atoms with van der Waals surface area (Å²) in [5.74, 6) is -0.00144. The van der Waals surface area contributed by atoms with E-state index in [-0.39, 0.29) is 18.3 Å². The van der Waals surface area contributed by atoms with E-state index in [4.69, 9.17) is 4.74 Å². The van der Waals surface area contributed by atoms with Crippen LogP contribution in [-0.4, -0.2) is 44.6 Å². The smallest absolute Gasteiger partial charge is 0.307 e. The van der Waals surface area contributed by atoms with Crippen LogP contribution < -0.4 is 4.74 Å². The van der Waals surface area contributed by atoms with Crippen LogP contribution in [0.3, 0.4) is 0 Å². The van der Waals surface area contributed by atoms with Gasteiger partial charge < -0.3 is 14.4 Å². The highest BCUT2D eigenvalue weighted by molar-refractivity contribution is 5.96. The number of benzene rings is 1. The van der Waals surface area contributed by atoms with Gasteiger partial charge in [0.15, 0.2) is 0 Å². The van der Waals surface area contributed by atoms with E-state index in [9.17, 15) is 9.59 Å². The minimum absolute atomic E-state index is 0.174. The zero-order chi connectivity index (χ0) is 13.5. The van der Waals surface area contributed by atoms with Crippen LogP contribution in [0.4, 0.5) is 0 Å². The number of esters is 1. The molecule has 0 heterocycles. The van der Waals surface area contributed by atoms with Crippen LogP contribution in [0.1, 0.15) is 16.8 Å². The molecule has 0 fully saturated rings. The van der Waals surface area contributed by atoms with Crippen LogP contribution in [0.25, 0.3) is 0 Å². The Kier molecular flexibility index (Phi) is 5.17. The Hall–Kier alpha value is -2.04. The van der Waals surface area contributed by atoms with Crippen molar-refractivity contribution < 1.29 is 19.1 Å². The molecule has 0 aromatic heterocycles. The Labute approximate surface area is 106 Å². The van der Waals surface area contributed by atoms with Gasteiger partial charge in [-0.1, -0.05) is 12.1 Å². The van der Waals surface area contributed by atoms with Gasteiger partial charge in [-0.25, -0.2) is 0 Å². The van der Waals surface area contributed by atoms with Crippen molar-refractivity contribution in [3.63, 3.8) is 0 Å². The lowest BCUT2D eigenvalue weighted by Gasteiger charge is -2.17. The van der Waals surface area contributed by atoms with Gasteiger partial charge in [0, 0.05) is 13.6 Å². The van der Waals surface area contributed by atoms with Gasteiger partial charge in [-0.15, -0.1) is 0 Å². The van der Waals surface area contributed by atoms with Crippen molar-refractivity contribution in [3.8, 4) is 5.75 Å². The molecule has 0 saturated carbocycles. The summed E-state index contributed by atoms with van der Waals surface area (Å²) in [5.41, 5.74) is 0.479. The third kappa shape index (κ3) is 3.48. The SMILES string of the molecule is COC(=O)CCN(C)C(=O)c1ccccc1OC. The zero-order valence-electron chi connectivity index (χ0n) is 10.8. The molecular weight excluding hydrogens is 234 g/mol. The van der Waals surface area contributed by atoms with Crippen molar-refractivity contribution in [2.45, 2.75) is 6.42 Å². The first-order valence-corrected chi connectivity index (χ1v) is 5.55. The van der Waals surface area contributed by atoms with Crippen LogP contribution in [0.15, 0.2) is 24.3 Å². The summed E-state index contributed by atoms with van der Waals surface area (Å²) < 4.78 is 9.65. The summed E-state index contributed by atoms with van der Waals surface area (Å²) >= 11 is 0. The maximum Gasteiger partial charge on any atom is 0.307 e. The number of para-hydroxylation sites is 1. The van der Waals surface area contributed by atoms with E-state index in [1.807, 2.05) is 0 Å². The fourth-order valence-corrected chi connectivity index (χ4v) is 1.49. The molecule has 0 saturated heterocycles. The van der Waals surface area contributed by atoms with E-state index >= 15 is 0 Å². The molecule has 0 unspecified atom stereocenters. The molecule has 0 aliphatic rings. The second-order valence-corrected chi connectivity index (χ2v) is 3.75. The molecule has 1 rings (SSSR count). The van der Waals surface area contributed by atoms with Crippen molar-refractivity contribution in [1.29, 1.82) is 0 Å². The summed E-state index contributed by atoms with van der Waals surface area (Å²) in [5, 5.41) is 0. The average Bonchev–Trinajstić information content (AvgIpc) is 2.43. The lowest BCUT2D eigenvalue weighted by atomic mass is 10.1. The van der Waals surface area contributed by atoms with Gasteiger partial charge in [0.05, 0.1) is 26.2 Å². The molecule has 98 valence electrons. The van der Waals surface area contributed by atoms with Gasteiger partial charge in [0.1, 0.15) is 5.75 Å². The van der Waals surface area contributed by atoms with Gasteiger partial charge in [-0.3, -0.25) is 9.59 Å². The normalized spacial score (nSPS) is 9.72. The molecule has 0 aliphatic heterocycles. The summed E-state index contributed by atoms with van der Waals surface area (Å²) in [7, 11) is 4.47. The van der Waals surface area contributed by atoms with Crippen LogP contribution in [0, 0.1) is 0 Å². The molecule has 18 heavy (non-hydrogen) atoms. The number of amides is 1. The molecule has 0 aliphatic carbocycles. The van der Waals surface area contributed by atoms with Crippen LogP contribution in [-0.2, 0) is 9.53 Å². The number of methoxy groups -OCH3 is 2. The van der Waals surface area contributed by atoms with Crippen LogP contribution >= 0.6 is 0 Å². The molecule has 5 heteroatoms. The van der Waals surface area contributed by atoms with Crippen molar-refractivity contribution in [2.75, 3.05) is 27.8 Å². The third-order valence-electron chi connectivity index (χ3n) is 2.56. The fraction of sp³-hybridized carbons (Fsp3) is 0.385. The monoisotopic (exact) mass is 251 g/mol. The molecule has 1 amide bonds. The predicted molar refractivity (Wildman–Crippen MR) is 66.6 cm³/mol. The lowest BCUT2D eigenvalue weighted by molar-refractivity contribution is -0.140. The van der Waals surface area contributed by atoms with Gasteiger partial charge in [0.25, 0.3) is 5.91 Å². The van der Waals surface area contributed by atoms with Crippen molar-refractivity contribution in [1.82, 2.24) is 4.90 Å². The van der Waals surface area contributed by atoms with Gasteiger partial charge in [-0.2, -0.15) is 0 Å². The number of hydrogen-bond acceptors (Lipinski definition) is 4. The Morgan fingerprint density at radius 3 is 2.50 bits per heavy atom. The largest absolute Gasteiger partial charge is 0.496 e. The minimum Gasteiger partial charge on any atom is -0.496 e. The van der Waals surface area contributed by atoms with E-state index in [1.165, 1.54) is 19.1 Å². The Morgan fingerprint density at radius 2 is 1.89 bits per heavy atom. The summed E-state index contributed by atoms with van der Waals surface area (Å²) in [6.45, 7) is 0.309. The maximum atomic E-state index is 12.1. The molecule has 0 bridgehead atoms. The van der Waals surface area contributed by atoms with Gasteiger partial charge in [-0.05, 0) is 12.1 Å². The first kappa shape index (κ1) is 14.0. The molecule has 0 spiro atoms. The third-order valence-corrected chi connectivity index (χ3v) is 2.56. The standard InChI is InChI=1S/C13H17NO4/c1-14(9-8-12(15)18-3)13(16)10-6-4-5-7-11(10)17-2/h4-7H,8-9H2,1-3H3. The van der Waals surface area contributed by atoms with E-state index in [0.29, 0.717) is 17.9 Å². The quantitative estimate of drug-likeness (QED) is 0.741. The molecule has 1 aromatic carbocycles. The summed E-state index contributed by atoms with van der Waals surface area (Å²) in [6, 6.07) is 6.98. The molecular formula is C13H17NO4. The Balaban J connectivity index is 2.71. The van der Waals surface area contributed by atoms with E-state index in [2.05, 4.69) is 4.74 Å². The maximum absolute atomic E-state index is 12.1. The van der Waals surface area contributed by atoms with Gasteiger partial charge >= 0.3 is 5.97 Å². The number of ether oxygens (including phenoxy) is 2. The van der Waals surface area contributed by atoms with Crippen molar-refractivity contribution in [2.24, 2.45) is 0 Å². The van der Waals surface area contributed by atoms with E-state index in [0.717, 1.165) is 0 Å². The second-order valence-electron chi connectivity index (χ2n) is 3.75. The summed E-state index contributed by atoms with van der Waals surface area (Å²) in [6.07, 6.45) is 0.174. The number of rotatable bonds is 5. The molecule has 1 aromatic rings. The Morgan fingerprint density at radius 1 is 1.22 bits per heavy atom. The minimum atomic E-state index is -0.338. The second kappa shape index (κ2) is 6.64. The van der Waals surface area contributed by atoms with Crippen LogP contribution in [0.5, 0.6) is 5.75 Å². The highest BCUT2D eigenvalue weighted by Crippen LogP contribution is 2.18. The highest BCUT2D eigenvalue weighted by Gasteiger charge is 2.16. The average molecular weight is 251 g/mol. The van der Waals surface area contributed by atoms with Crippen molar-refractivity contribution >= 4 is 11.9 Å². The summed E-state index contributed by atoms with van der Waals surface area (Å²) in [4.78, 5) is 24.6. The zero-order valence-corrected chi connectivity index (χ0v) is 10.8. The number of carbonyl (C=O) groups is 2. The van der Waals surface area contributed by atoms with E-state index < -0.39 is 0 Å². The Bertz CT molecular complexity index is 431.